The zero-order chi connectivity index (χ0) is 25.1. The van der Waals surface area contributed by atoms with Gasteiger partial charge in [-0.25, -0.2) is 4.39 Å². The van der Waals surface area contributed by atoms with Crippen LogP contribution in [0.4, 0.5) is 10.1 Å². The number of carbonyl (C=O) groups excluding carboxylic acids is 3. The van der Waals surface area contributed by atoms with Gasteiger partial charge in [0.1, 0.15) is 5.82 Å². The highest BCUT2D eigenvalue weighted by Gasteiger charge is 2.33. The van der Waals surface area contributed by atoms with Crippen LogP contribution in [-0.4, -0.2) is 71.2 Å². The summed E-state index contributed by atoms with van der Waals surface area (Å²) in [6.45, 7) is 9.65. The molecule has 0 aromatic heterocycles. The first-order valence-corrected chi connectivity index (χ1v) is 13.1. The fourth-order valence-corrected chi connectivity index (χ4v) is 5.93. The summed E-state index contributed by atoms with van der Waals surface area (Å²) >= 11 is 0. The SMILES string of the molecule is CC(=O)N1CCC(CC(=O)Nc2cc(F)cc(CN3CCN(C(=O)C4CCCC4)[C@@H](C)C3)c2C)C1. The van der Waals surface area contributed by atoms with Gasteiger partial charge in [-0.1, -0.05) is 12.8 Å². The number of hydrogen-bond donors (Lipinski definition) is 1. The number of nitrogens with one attached hydrogen (secondary N) is 1. The number of carbonyl (C=O) groups is 3. The number of hydrogen-bond acceptors (Lipinski definition) is 4. The van der Waals surface area contributed by atoms with Gasteiger partial charge < -0.3 is 15.1 Å². The predicted molar refractivity (Wildman–Crippen MR) is 133 cm³/mol. The molecule has 1 saturated carbocycles. The van der Waals surface area contributed by atoms with Crippen molar-refractivity contribution in [3.05, 3.63) is 29.1 Å². The molecule has 3 aliphatic rings. The predicted octanol–water partition coefficient (Wildman–Crippen LogP) is 3.55. The Morgan fingerprint density at radius 3 is 2.46 bits per heavy atom. The molecule has 0 bridgehead atoms. The Morgan fingerprint density at radius 1 is 1.06 bits per heavy atom. The fourth-order valence-electron chi connectivity index (χ4n) is 5.93. The average Bonchev–Trinajstić information content (AvgIpc) is 3.49. The summed E-state index contributed by atoms with van der Waals surface area (Å²) in [5.74, 6) is 0.152. The number of piperazine rings is 1. The molecule has 8 heteroatoms. The lowest BCUT2D eigenvalue weighted by atomic mass is 10.0. The third-order valence-corrected chi connectivity index (χ3v) is 8.05. The Labute approximate surface area is 208 Å². The number of anilines is 1. The quantitative estimate of drug-likeness (QED) is 0.668. The van der Waals surface area contributed by atoms with Gasteiger partial charge in [0.2, 0.25) is 17.7 Å². The van der Waals surface area contributed by atoms with Crippen molar-refractivity contribution in [3.63, 3.8) is 0 Å². The van der Waals surface area contributed by atoms with Crippen LogP contribution < -0.4 is 5.32 Å². The van der Waals surface area contributed by atoms with Gasteiger partial charge in [0.25, 0.3) is 0 Å². The molecule has 2 aliphatic heterocycles. The van der Waals surface area contributed by atoms with E-state index in [0.717, 1.165) is 56.3 Å². The lowest BCUT2D eigenvalue weighted by molar-refractivity contribution is -0.140. The van der Waals surface area contributed by atoms with Gasteiger partial charge in [-0.05, 0) is 62.3 Å². The van der Waals surface area contributed by atoms with E-state index in [9.17, 15) is 18.8 Å². The fraction of sp³-hybridized carbons (Fsp3) is 0.667. The summed E-state index contributed by atoms with van der Waals surface area (Å²) in [4.78, 5) is 43.2. The minimum absolute atomic E-state index is 0.0385. The lowest BCUT2D eigenvalue weighted by Crippen LogP contribution is -2.54. The van der Waals surface area contributed by atoms with Crippen LogP contribution in [0, 0.1) is 24.6 Å². The highest BCUT2D eigenvalue weighted by Crippen LogP contribution is 2.29. The second-order valence-corrected chi connectivity index (χ2v) is 10.7. The molecule has 0 spiro atoms. The molecule has 3 amide bonds. The van der Waals surface area contributed by atoms with Gasteiger partial charge in [0.15, 0.2) is 0 Å². The maximum absolute atomic E-state index is 14.5. The molecule has 1 N–H and O–H groups in total. The van der Waals surface area contributed by atoms with E-state index in [1.54, 1.807) is 17.9 Å². The van der Waals surface area contributed by atoms with Crippen LogP contribution in [0.1, 0.15) is 63.5 Å². The van der Waals surface area contributed by atoms with Crippen LogP contribution in [0.5, 0.6) is 0 Å². The molecule has 1 aliphatic carbocycles. The molecule has 192 valence electrons. The Hall–Kier alpha value is -2.48. The summed E-state index contributed by atoms with van der Waals surface area (Å²) < 4.78 is 14.5. The minimum atomic E-state index is -0.368. The van der Waals surface area contributed by atoms with Crippen molar-refractivity contribution >= 4 is 23.4 Å². The van der Waals surface area contributed by atoms with Crippen LogP contribution in [0.2, 0.25) is 0 Å². The van der Waals surface area contributed by atoms with Crippen molar-refractivity contribution in [2.45, 2.75) is 71.9 Å². The minimum Gasteiger partial charge on any atom is -0.343 e. The number of halogens is 1. The van der Waals surface area contributed by atoms with E-state index in [1.165, 1.54) is 6.07 Å². The van der Waals surface area contributed by atoms with Gasteiger partial charge in [0.05, 0.1) is 0 Å². The van der Waals surface area contributed by atoms with Crippen molar-refractivity contribution in [1.82, 2.24) is 14.7 Å². The molecule has 2 saturated heterocycles. The van der Waals surface area contributed by atoms with Crippen molar-refractivity contribution < 1.29 is 18.8 Å². The number of nitrogens with zero attached hydrogens (tertiary/aromatic N) is 3. The van der Waals surface area contributed by atoms with E-state index in [1.807, 2.05) is 11.8 Å². The molecule has 1 aromatic rings. The van der Waals surface area contributed by atoms with Gasteiger partial charge >= 0.3 is 0 Å². The van der Waals surface area contributed by atoms with Crippen molar-refractivity contribution in [2.24, 2.45) is 11.8 Å². The van der Waals surface area contributed by atoms with E-state index < -0.39 is 0 Å². The highest BCUT2D eigenvalue weighted by atomic mass is 19.1. The topological polar surface area (TPSA) is 73.0 Å². The normalized spacial score (nSPS) is 23.7. The molecule has 4 rings (SSSR count). The first-order chi connectivity index (χ1) is 16.7. The molecule has 0 radical (unpaired) electrons. The summed E-state index contributed by atoms with van der Waals surface area (Å²) in [6.07, 6.45) is 5.47. The molecule has 7 nitrogen and oxygen atoms in total. The van der Waals surface area contributed by atoms with Crippen molar-refractivity contribution in [2.75, 3.05) is 38.0 Å². The smallest absolute Gasteiger partial charge is 0.226 e. The standard InChI is InChI=1S/C27H39FN4O3/c1-18-15-30(10-11-32(18)27(35)22-6-4-5-7-22)17-23-13-24(28)14-25(19(23)2)29-26(34)12-21-8-9-31(16-21)20(3)33/h13-14,18,21-22H,4-12,15-17H2,1-3H3,(H,29,34)/t18-,21?/m0/s1. The van der Waals surface area contributed by atoms with E-state index in [4.69, 9.17) is 0 Å². The van der Waals surface area contributed by atoms with E-state index in [-0.39, 0.29) is 35.5 Å². The highest BCUT2D eigenvalue weighted by molar-refractivity contribution is 5.92. The second-order valence-electron chi connectivity index (χ2n) is 10.7. The molecule has 2 atom stereocenters. The Bertz CT molecular complexity index is 962. The molecular weight excluding hydrogens is 447 g/mol. The number of likely N-dealkylation sites (tertiary alicyclic amines) is 1. The van der Waals surface area contributed by atoms with Gasteiger partial charge in [-0.15, -0.1) is 0 Å². The lowest BCUT2D eigenvalue weighted by Gasteiger charge is -2.41. The largest absolute Gasteiger partial charge is 0.343 e. The molecule has 35 heavy (non-hydrogen) atoms. The van der Waals surface area contributed by atoms with Crippen molar-refractivity contribution in [3.8, 4) is 0 Å². The molecule has 2 heterocycles. The monoisotopic (exact) mass is 486 g/mol. The zero-order valence-electron chi connectivity index (χ0n) is 21.3. The molecule has 1 aromatic carbocycles. The summed E-state index contributed by atoms with van der Waals surface area (Å²) in [6, 6.07) is 3.06. The van der Waals surface area contributed by atoms with Crippen molar-refractivity contribution in [1.29, 1.82) is 0 Å². The zero-order valence-corrected chi connectivity index (χ0v) is 21.3. The third kappa shape index (κ3) is 6.21. The molecular formula is C27H39FN4O3. The first kappa shape index (κ1) is 25.6. The van der Waals surface area contributed by atoms with Gasteiger partial charge in [0, 0.05) is 70.3 Å². The Morgan fingerprint density at radius 2 is 1.80 bits per heavy atom. The van der Waals surface area contributed by atoms with Crippen LogP contribution in [0.15, 0.2) is 12.1 Å². The maximum Gasteiger partial charge on any atom is 0.226 e. The van der Waals surface area contributed by atoms with Crippen LogP contribution in [0.3, 0.4) is 0 Å². The summed E-state index contributed by atoms with van der Waals surface area (Å²) in [5, 5.41) is 2.91. The Balaban J connectivity index is 1.34. The van der Waals surface area contributed by atoms with E-state index >= 15 is 0 Å². The molecule has 1 unspecified atom stereocenters. The summed E-state index contributed by atoms with van der Waals surface area (Å²) in [5.41, 5.74) is 2.23. The molecule has 3 fully saturated rings. The van der Waals surface area contributed by atoms with E-state index in [2.05, 4.69) is 17.1 Å². The number of rotatable bonds is 6. The number of benzene rings is 1. The maximum atomic E-state index is 14.5. The van der Waals surface area contributed by atoms with Crippen LogP contribution in [0.25, 0.3) is 0 Å². The van der Waals surface area contributed by atoms with E-state index in [0.29, 0.717) is 44.2 Å². The average molecular weight is 487 g/mol. The first-order valence-electron chi connectivity index (χ1n) is 13.1. The van der Waals surface area contributed by atoms with Gasteiger partial charge in [-0.3, -0.25) is 19.3 Å². The number of amides is 3. The van der Waals surface area contributed by atoms with Crippen LogP contribution >= 0.6 is 0 Å². The Kier molecular flexibility index (Phi) is 8.09. The van der Waals surface area contributed by atoms with Gasteiger partial charge in [-0.2, -0.15) is 0 Å². The second kappa shape index (κ2) is 11.1. The van der Waals surface area contributed by atoms with Crippen LogP contribution in [-0.2, 0) is 20.9 Å². The summed E-state index contributed by atoms with van der Waals surface area (Å²) in [7, 11) is 0. The third-order valence-electron chi connectivity index (χ3n) is 8.05.